The summed E-state index contributed by atoms with van der Waals surface area (Å²) in [6.07, 6.45) is 0.620. The molecule has 8 heteroatoms. The molecular formula is C14H24BrClN2O3S. The fraction of sp³-hybridized carbons (Fsp3) is 0.571. The normalized spacial score (nSPS) is 13.1. The topological polar surface area (TPSA) is 72.6 Å². The minimum Gasteiger partial charge on any atom is -0.497 e. The van der Waals surface area contributed by atoms with Gasteiger partial charge in [0.15, 0.2) is 0 Å². The zero-order valence-electron chi connectivity index (χ0n) is 13.2. The molecule has 0 aromatic heterocycles. The first-order valence-corrected chi connectivity index (χ1v) is 8.99. The summed E-state index contributed by atoms with van der Waals surface area (Å²) in [4.78, 5) is 0.197. The zero-order chi connectivity index (χ0) is 16.2. The van der Waals surface area contributed by atoms with Gasteiger partial charge >= 0.3 is 0 Å². The molecule has 0 aliphatic carbocycles. The van der Waals surface area contributed by atoms with Crippen LogP contribution in [0.1, 0.15) is 20.3 Å². The van der Waals surface area contributed by atoms with E-state index in [0.717, 1.165) is 0 Å². The number of ether oxygens (including phenoxy) is 1. The lowest BCUT2D eigenvalue weighted by atomic mass is 10.0. The van der Waals surface area contributed by atoms with Crippen LogP contribution in [0.3, 0.4) is 0 Å². The van der Waals surface area contributed by atoms with Crippen LogP contribution in [0.5, 0.6) is 5.75 Å². The summed E-state index contributed by atoms with van der Waals surface area (Å²) >= 11 is 3.28. The van der Waals surface area contributed by atoms with E-state index in [1.54, 1.807) is 19.2 Å². The monoisotopic (exact) mass is 414 g/mol. The Morgan fingerprint density at radius 3 is 2.45 bits per heavy atom. The summed E-state index contributed by atoms with van der Waals surface area (Å²) in [7, 11) is -0.504. The van der Waals surface area contributed by atoms with E-state index < -0.39 is 10.0 Å². The number of sulfonamides is 1. The van der Waals surface area contributed by atoms with Crippen LogP contribution in [0.2, 0.25) is 0 Å². The Labute approximate surface area is 147 Å². The molecule has 1 unspecified atom stereocenters. The third kappa shape index (κ3) is 5.38. The smallest absolute Gasteiger partial charge is 0.244 e. The summed E-state index contributed by atoms with van der Waals surface area (Å²) in [5.74, 6) is 0.828. The second-order valence-corrected chi connectivity index (χ2v) is 8.19. The second kappa shape index (κ2) is 9.08. The van der Waals surface area contributed by atoms with Crippen molar-refractivity contribution < 1.29 is 13.2 Å². The lowest BCUT2D eigenvalue weighted by Crippen LogP contribution is -2.34. The Morgan fingerprint density at radius 1 is 1.36 bits per heavy atom. The summed E-state index contributed by atoms with van der Waals surface area (Å²) < 4.78 is 32.1. The number of hydrogen-bond acceptors (Lipinski definition) is 4. The van der Waals surface area contributed by atoms with Gasteiger partial charge in [-0.25, -0.2) is 12.7 Å². The van der Waals surface area contributed by atoms with E-state index in [2.05, 4.69) is 15.9 Å². The maximum absolute atomic E-state index is 12.6. The van der Waals surface area contributed by atoms with E-state index in [-0.39, 0.29) is 23.3 Å². The van der Waals surface area contributed by atoms with Crippen LogP contribution in [0.25, 0.3) is 0 Å². The summed E-state index contributed by atoms with van der Waals surface area (Å²) in [6, 6.07) is 4.87. The van der Waals surface area contributed by atoms with E-state index >= 15 is 0 Å². The van der Waals surface area contributed by atoms with Crippen molar-refractivity contribution in [1.29, 1.82) is 0 Å². The molecule has 0 spiro atoms. The van der Waals surface area contributed by atoms with Crippen molar-refractivity contribution in [2.45, 2.75) is 31.2 Å². The quantitative estimate of drug-likeness (QED) is 0.743. The van der Waals surface area contributed by atoms with Gasteiger partial charge < -0.3 is 10.5 Å². The summed E-state index contributed by atoms with van der Waals surface area (Å²) in [5, 5.41) is 0. The molecule has 0 saturated carbocycles. The van der Waals surface area contributed by atoms with Crippen molar-refractivity contribution in [3.05, 3.63) is 22.7 Å². The van der Waals surface area contributed by atoms with Gasteiger partial charge in [0, 0.05) is 30.2 Å². The molecule has 1 rings (SSSR count). The first kappa shape index (κ1) is 21.7. The maximum atomic E-state index is 12.6. The molecule has 22 heavy (non-hydrogen) atoms. The average Bonchev–Trinajstić information content (AvgIpc) is 2.44. The minimum absolute atomic E-state index is 0. The SMILES string of the molecule is COc1ccc(Br)c(S(=O)(=O)N(C)CCC(N)C(C)C)c1.Cl. The molecule has 128 valence electrons. The molecule has 0 amide bonds. The van der Waals surface area contributed by atoms with Crippen LogP contribution < -0.4 is 10.5 Å². The van der Waals surface area contributed by atoms with E-state index in [1.807, 2.05) is 13.8 Å². The average molecular weight is 416 g/mol. The number of methoxy groups -OCH3 is 1. The maximum Gasteiger partial charge on any atom is 0.244 e. The number of hydrogen-bond donors (Lipinski definition) is 1. The van der Waals surface area contributed by atoms with Gasteiger partial charge in [0.2, 0.25) is 10.0 Å². The Bertz CT molecular complexity index is 581. The van der Waals surface area contributed by atoms with E-state index in [9.17, 15) is 8.42 Å². The first-order valence-electron chi connectivity index (χ1n) is 6.75. The molecule has 0 aliphatic heterocycles. The van der Waals surface area contributed by atoms with Crippen molar-refractivity contribution in [2.24, 2.45) is 11.7 Å². The third-order valence-electron chi connectivity index (χ3n) is 3.46. The van der Waals surface area contributed by atoms with Gasteiger partial charge in [0.1, 0.15) is 10.6 Å². The van der Waals surface area contributed by atoms with Gasteiger partial charge in [-0.05, 0) is 40.4 Å². The highest BCUT2D eigenvalue weighted by atomic mass is 79.9. The Morgan fingerprint density at radius 2 is 1.95 bits per heavy atom. The van der Waals surface area contributed by atoms with Crippen molar-refractivity contribution in [3.63, 3.8) is 0 Å². The molecule has 2 N–H and O–H groups in total. The number of halogens is 2. The lowest BCUT2D eigenvalue weighted by Gasteiger charge is -2.22. The molecule has 0 saturated heterocycles. The van der Waals surface area contributed by atoms with Crippen molar-refractivity contribution >= 4 is 38.4 Å². The predicted octanol–water partition coefficient (Wildman–Crippen LogP) is 2.87. The van der Waals surface area contributed by atoms with Crippen LogP contribution in [-0.2, 0) is 10.0 Å². The second-order valence-electron chi connectivity index (χ2n) is 5.32. The highest BCUT2D eigenvalue weighted by Gasteiger charge is 2.24. The third-order valence-corrected chi connectivity index (χ3v) is 6.31. The molecule has 1 atom stereocenters. The highest BCUT2D eigenvalue weighted by Crippen LogP contribution is 2.28. The van der Waals surface area contributed by atoms with E-state index in [4.69, 9.17) is 10.5 Å². The Hall–Kier alpha value is -0.340. The molecule has 5 nitrogen and oxygen atoms in total. The van der Waals surface area contributed by atoms with Crippen molar-refractivity contribution in [2.75, 3.05) is 20.7 Å². The predicted molar refractivity (Wildman–Crippen MR) is 95.2 cm³/mol. The fourth-order valence-electron chi connectivity index (χ4n) is 1.76. The Kier molecular flexibility index (Phi) is 8.94. The van der Waals surface area contributed by atoms with Crippen molar-refractivity contribution in [3.8, 4) is 5.75 Å². The van der Waals surface area contributed by atoms with Crippen LogP contribution >= 0.6 is 28.3 Å². The molecular weight excluding hydrogens is 392 g/mol. The van der Waals surface area contributed by atoms with Crippen LogP contribution in [-0.4, -0.2) is 39.5 Å². The van der Waals surface area contributed by atoms with Gasteiger partial charge in [-0.2, -0.15) is 0 Å². The van der Waals surface area contributed by atoms with Gasteiger partial charge in [-0.1, -0.05) is 13.8 Å². The summed E-state index contributed by atoms with van der Waals surface area (Å²) in [6.45, 7) is 4.43. The Balaban J connectivity index is 0.00000441. The molecule has 0 heterocycles. The molecule has 1 aromatic rings. The number of nitrogens with two attached hydrogens (primary N) is 1. The highest BCUT2D eigenvalue weighted by molar-refractivity contribution is 9.10. The number of rotatable bonds is 7. The van der Waals surface area contributed by atoms with Crippen molar-refractivity contribution in [1.82, 2.24) is 4.31 Å². The van der Waals surface area contributed by atoms with Gasteiger partial charge in [0.05, 0.1) is 7.11 Å². The van der Waals surface area contributed by atoms with Gasteiger partial charge in [-0.15, -0.1) is 12.4 Å². The fourth-order valence-corrected chi connectivity index (χ4v) is 3.88. The van der Waals surface area contributed by atoms with Crippen LogP contribution in [0.15, 0.2) is 27.6 Å². The molecule has 0 bridgehead atoms. The largest absolute Gasteiger partial charge is 0.497 e. The zero-order valence-corrected chi connectivity index (χ0v) is 16.5. The van der Waals surface area contributed by atoms with E-state index in [0.29, 0.717) is 29.1 Å². The molecule has 0 radical (unpaired) electrons. The molecule has 0 fully saturated rings. The first-order chi connectivity index (χ1) is 9.70. The van der Waals surface area contributed by atoms with Gasteiger partial charge in [-0.3, -0.25) is 0 Å². The number of benzene rings is 1. The number of nitrogens with zero attached hydrogens (tertiary/aromatic N) is 1. The minimum atomic E-state index is -3.57. The van der Waals surface area contributed by atoms with Gasteiger partial charge in [0.25, 0.3) is 0 Å². The molecule has 1 aromatic carbocycles. The molecule has 0 aliphatic rings. The van der Waals surface area contributed by atoms with Crippen LogP contribution in [0, 0.1) is 5.92 Å². The standard InChI is InChI=1S/C14H23BrN2O3S.ClH/c1-10(2)13(16)7-8-17(3)21(18,19)14-9-11(20-4)5-6-12(14)15;/h5-6,9-10,13H,7-8,16H2,1-4H3;1H. The summed E-state index contributed by atoms with van der Waals surface area (Å²) in [5.41, 5.74) is 5.97. The lowest BCUT2D eigenvalue weighted by molar-refractivity contribution is 0.396. The van der Waals surface area contributed by atoms with Crippen LogP contribution in [0.4, 0.5) is 0 Å². The van der Waals surface area contributed by atoms with E-state index in [1.165, 1.54) is 17.5 Å².